The highest BCUT2D eigenvalue weighted by Crippen LogP contribution is 2.02. The van der Waals surface area contributed by atoms with Crippen LogP contribution in [0.2, 0.25) is 0 Å². The number of amides is 1. The van der Waals surface area contributed by atoms with Gasteiger partial charge in [-0.25, -0.2) is 0 Å². The molecule has 0 aliphatic rings. The Labute approximate surface area is 100.0 Å². The van der Waals surface area contributed by atoms with Gasteiger partial charge in [-0.2, -0.15) is 8.42 Å². The number of hydrogen-bond acceptors (Lipinski definition) is 4. The first kappa shape index (κ1) is 13.1. The van der Waals surface area contributed by atoms with Crippen molar-refractivity contribution in [1.82, 2.24) is 5.32 Å². The van der Waals surface area contributed by atoms with Crippen LogP contribution in [0.3, 0.4) is 0 Å². The second-order valence-corrected chi connectivity index (χ2v) is 4.07. The van der Waals surface area contributed by atoms with Crippen molar-refractivity contribution >= 4 is 27.9 Å². The number of rotatable bonds is 5. The fourth-order valence-corrected chi connectivity index (χ4v) is 1.51. The van der Waals surface area contributed by atoms with E-state index in [-0.39, 0.29) is 18.9 Å². The molecule has 0 bridgehead atoms. The van der Waals surface area contributed by atoms with Gasteiger partial charge in [0, 0.05) is 23.0 Å². The van der Waals surface area contributed by atoms with Crippen molar-refractivity contribution in [3.05, 3.63) is 35.4 Å². The van der Waals surface area contributed by atoms with E-state index in [2.05, 4.69) is 5.32 Å². The minimum absolute atomic E-state index is 0.234. The Balaban J connectivity index is 2.57. The molecule has 1 aromatic carbocycles. The van der Waals surface area contributed by atoms with Crippen LogP contribution in [0.4, 0.5) is 0 Å². The van der Waals surface area contributed by atoms with Gasteiger partial charge in [0.2, 0.25) is 10.3 Å². The average molecular weight is 253 g/mol. The third kappa shape index (κ3) is 4.60. The molecule has 0 unspecified atom stereocenters. The van der Waals surface area contributed by atoms with Gasteiger partial charge in [0.15, 0.2) is 0 Å². The third-order valence-electron chi connectivity index (χ3n) is 1.97. The van der Waals surface area contributed by atoms with Gasteiger partial charge in [0.1, 0.15) is 6.29 Å². The van der Waals surface area contributed by atoms with Gasteiger partial charge >= 0.3 is 0 Å². The molecule has 0 aliphatic carbocycles. The fourth-order valence-electron chi connectivity index (χ4n) is 1.20. The number of aldehydes is 1. The molecule has 0 radical (unpaired) electrons. The van der Waals surface area contributed by atoms with Crippen molar-refractivity contribution in [2.24, 2.45) is 0 Å². The van der Waals surface area contributed by atoms with Crippen molar-refractivity contribution in [3.63, 3.8) is 0 Å². The smallest absolute Gasteiger partial charge is 0.251 e. The van der Waals surface area contributed by atoms with Crippen LogP contribution < -0.4 is 5.32 Å². The quantitative estimate of drug-likeness (QED) is 0.465. The molecular formula is C11H11NO4S. The van der Waals surface area contributed by atoms with Gasteiger partial charge in [-0.3, -0.25) is 9.59 Å². The van der Waals surface area contributed by atoms with Crippen molar-refractivity contribution < 1.29 is 18.0 Å². The summed E-state index contributed by atoms with van der Waals surface area (Å²) in [7, 11) is -2.20. The summed E-state index contributed by atoms with van der Waals surface area (Å²) in [6, 6.07) is 6.26. The van der Waals surface area contributed by atoms with Crippen LogP contribution >= 0.6 is 0 Å². The van der Waals surface area contributed by atoms with E-state index in [1.54, 1.807) is 18.2 Å². The summed E-state index contributed by atoms with van der Waals surface area (Å²) in [5.74, 6) is -0.334. The summed E-state index contributed by atoms with van der Waals surface area (Å²) in [4.78, 5) is 22.1. The predicted molar refractivity (Wildman–Crippen MR) is 63.8 cm³/mol. The van der Waals surface area contributed by atoms with Crippen LogP contribution in [0.15, 0.2) is 24.3 Å². The van der Waals surface area contributed by atoms with Gasteiger partial charge < -0.3 is 5.32 Å². The number of hydrogen-bond donors (Lipinski definition) is 1. The minimum atomic E-state index is -2.20. The SMILES string of the molecule is O=Cc1cccc(C(=O)NCCC=S(=O)=O)c1. The molecule has 1 rings (SSSR count). The first-order valence-corrected chi connectivity index (χ1v) is 6.02. The number of carbonyl (C=O) groups excluding carboxylic acids is 2. The molecule has 0 fully saturated rings. The molecule has 0 spiro atoms. The van der Waals surface area contributed by atoms with E-state index in [1.807, 2.05) is 0 Å². The Hall–Kier alpha value is -1.95. The lowest BCUT2D eigenvalue weighted by Crippen LogP contribution is -2.24. The maximum atomic E-state index is 11.6. The molecule has 0 saturated heterocycles. The second-order valence-electron chi connectivity index (χ2n) is 3.22. The summed E-state index contributed by atoms with van der Waals surface area (Å²) in [6.45, 7) is 0.234. The predicted octanol–water partition coefficient (Wildman–Crippen LogP) is 0.300. The van der Waals surface area contributed by atoms with Gasteiger partial charge in [-0.1, -0.05) is 12.1 Å². The largest absolute Gasteiger partial charge is 0.352 e. The summed E-state index contributed by atoms with van der Waals surface area (Å²) in [5, 5.41) is 3.62. The maximum absolute atomic E-state index is 11.6. The standard InChI is InChI=1S/C11H11NO4S/c13-8-9-3-1-4-10(7-9)11(14)12-5-2-6-17(15)16/h1,3-4,6-8H,2,5H2,(H,12,14). The normalized spacial score (nSPS) is 9.41. The Morgan fingerprint density at radius 1 is 1.35 bits per heavy atom. The third-order valence-corrected chi connectivity index (χ3v) is 2.48. The summed E-state index contributed by atoms with van der Waals surface area (Å²) in [6.07, 6.45) is 0.903. The molecular weight excluding hydrogens is 242 g/mol. The van der Waals surface area contributed by atoms with Crippen molar-refractivity contribution in [1.29, 1.82) is 0 Å². The van der Waals surface area contributed by atoms with Crippen LogP contribution in [0.25, 0.3) is 0 Å². The zero-order valence-corrected chi connectivity index (χ0v) is 9.74. The Bertz CT molecular complexity index is 540. The zero-order chi connectivity index (χ0) is 12.7. The van der Waals surface area contributed by atoms with E-state index >= 15 is 0 Å². The highest BCUT2D eigenvalue weighted by Gasteiger charge is 2.04. The van der Waals surface area contributed by atoms with Gasteiger partial charge in [-0.05, 0) is 18.6 Å². The van der Waals surface area contributed by atoms with Gasteiger partial charge in [-0.15, -0.1) is 0 Å². The first-order chi connectivity index (χ1) is 8.13. The van der Waals surface area contributed by atoms with Gasteiger partial charge in [0.25, 0.3) is 5.91 Å². The fraction of sp³-hybridized carbons (Fsp3) is 0.182. The van der Waals surface area contributed by atoms with E-state index < -0.39 is 10.3 Å². The van der Waals surface area contributed by atoms with E-state index in [9.17, 15) is 18.0 Å². The zero-order valence-electron chi connectivity index (χ0n) is 8.92. The lowest BCUT2D eigenvalue weighted by molar-refractivity contribution is 0.0955. The molecule has 6 heteroatoms. The molecule has 17 heavy (non-hydrogen) atoms. The summed E-state index contributed by atoms with van der Waals surface area (Å²) < 4.78 is 20.4. The van der Waals surface area contributed by atoms with E-state index in [0.29, 0.717) is 17.4 Å². The lowest BCUT2D eigenvalue weighted by Gasteiger charge is -2.03. The van der Waals surface area contributed by atoms with Crippen LogP contribution in [0.5, 0.6) is 0 Å². The summed E-state index contributed by atoms with van der Waals surface area (Å²) in [5.41, 5.74) is 0.794. The monoisotopic (exact) mass is 253 g/mol. The van der Waals surface area contributed by atoms with E-state index in [0.717, 1.165) is 5.37 Å². The highest BCUT2D eigenvalue weighted by molar-refractivity contribution is 7.71. The minimum Gasteiger partial charge on any atom is -0.352 e. The van der Waals surface area contributed by atoms with Crippen LogP contribution in [0, 0.1) is 0 Å². The molecule has 0 heterocycles. The second kappa shape index (κ2) is 6.59. The van der Waals surface area contributed by atoms with Crippen molar-refractivity contribution in [2.45, 2.75) is 6.42 Å². The highest BCUT2D eigenvalue weighted by atomic mass is 32.2. The Morgan fingerprint density at radius 2 is 2.12 bits per heavy atom. The summed E-state index contributed by atoms with van der Waals surface area (Å²) >= 11 is 0. The van der Waals surface area contributed by atoms with Crippen LogP contribution in [0.1, 0.15) is 27.1 Å². The Kier molecular flexibility index (Phi) is 5.09. The molecule has 1 aromatic rings. The molecule has 0 saturated carbocycles. The molecule has 1 N–H and O–H groups in total. The maximum Gasteiger partial charge on any atom is 0.251 e. The number of nitrogens with one attached hydrogen (secondary N) is 1. The molecule has 0 aromatic heterocycles. The molecule has 1 amide bonds. The molecule has 5 nitrogen and oxygen atoms in total. The molecule has 90 valence electrons. The molecule has 0 atom stereocenters. The van der Waals surface area contributed by atoms with Crippen LogP contribution in [-0.2, 0) is 10.3 Å². The first-order valence-electron chi connectivity index (χ1n) is 4.88. The van der Waals surface area contributed by atoms with Gasteiger partial charge in [0.05, 0.1) is 0 Å². The van der Waals surface area contributed by atoms with Crippen LogP contribution in [-0.4, -0.2) is 32.5 Å². The number of carbonyl (C=O) groups is 2. The van der Waals surface area contributed by atoms with E-state index in [1.165, 1.54) is 6.07 Å². The topological polar surface area (TPSA) is 80.3 Å². The number of benzene rings is 1. The van der Waals surface area contributed by atoms with E-state index in [4.69, 9.17) is 0 Å². The van der Waals surface area contributed by atoms with Crippen molar-refractivity contribution in [3.8, 4) is 0 Å². The lowest BCUT2D eigenvalue weighted by atomic mass is 10.1. The van der Waals surface area contributed by atoms with Crippen molar-refractivity contribution in [2.75, 3.05) is 6.54 Å². The molecule has 0 aliphatic heterocycles. The average Bonchev–Trinajstić information content (AvgIpc) is 2.34. The Morgan fingerprint density at radius 3 is 2.76 bits per heavy atom.